The molecule has 1 N–H and O–H groups in total. The molecule has 1 aromatic heterocycles. The first kappa shape index (κ1) is 15.9. The van der Waals surface area contributed by atoms with Crippen LogP contribution in [0.15, 0.2) is 30.6 Å². The van der Waals surface area contributed by atoms with E-state index in [1.807, 2.05) is 0 Å². The van der Waals surface area contributed by atoms with Gasteiger partial charge in [-0.1, -0.05) is 11.6 Å². The van der Waals surface area contributed by atoms with Crippen LogP contribution in [0.1, 0.15) is 18.4 Å². The SMILES string of the molecule is FC(F)(F)c1cc(Nc2cc(N3CCCC3)ncn2)ccc1Cl. The normalized spacial score (nSPS) is 15.0. The molecule has 0 saturated carbocycles. The van der Waals surface area contributed by atoms with E-state index in [1.165, 1.54) is 18.5 Å². The number of anilines is 3. The predicted octanol–water partition coefficient (Wildman–Crippen LogP) is 4.49. The number of benzene rings is 1. The topological polar surface area (TPSA) is 41.0 Å². The van der Waals surface area contributed by atoms with E-state index in [-0.39, 0.29) is 10.7 Å². The minimum absolute atomic E-state index is 0.271. The number of hydrogen-bond acceptors (Lipinski definition) is 4. The number of hydrogen-bond donors (Lipinski definition) is 1. The van der Waals surface area contributed by atoms with Gasteiger partial charge in [0.25, 0.3) is 0 Å². The van der Waals surface area contributed by atoms with Crippen LogP contribution in [-0.2, 0) is 6.18 Å². The highest BCUT2D eigenvalue weighted by Gasteiger charge is 2.33. The summed E-state index contributed by atoms with van der Waals surface area (Å²) in [4.78, 5) is 10.4. The third kappa shape index (κ3) is 3.67. The summed E-state index contributed by atoms with van der Waals surface area (Å²) in [6.45, 7) is 1.85. The average molecular weight is 343 g/mol. The third-order valence-electron chi connectivity index (χ3n) is 3.63. The molecular weight excluding hydrogens is 329 g/mol. The molecule has 122 valence electrons. The van der Waals surface area contributed by atoms with E-state index in [2.05, 4.69) is 20.2 Å². The van der Waals surface area contributed by atoms with Gasteiger partial charge in [-0.15, -0.1) is 0 Å². The van der Waals surface area contributed by atoms with Crippen LogP contribution in [0.25, 0.3) is 0 Å². The van der Waals surface area contributed by atoms with Crippen molar-refractivity contribution < 1.29 is 13.2 Å². The van der Waals surface area contributed by atoms with E-state index in [1.54, 1.807) is 6.07 Å². The van der Waals surface area contributed by atoms with Crippen LogP contribution >= 0.6 is 11.6 Å². The van der Waals surface area contributed by atoms with Gasteiger partial charge in [0.05, 0.1) is 10.6 Å². The highest BCUT2D eigenvalue weighted by molar-refractivity contribution is 6.31. The van der Waals surface area contributed by atoms with Gasteiger partial charge in [0, 0.05) is 24.8 Å². The van der Waals surface area contributed by atoms with Crippen LogP contribution in [0.3, 0.4) is 0 Å². The molecular formula is C15H14ClF3N4. The Hall–Kier alpha value is -2.02. The van der Waals surface area contributed by atoms with Crippen molar-refractivity contribution in [2.45, 2.75) is 19.0 Å². The summed E-state index contributed by atoms with van der Waals surface area (Å²) >= 11 is 5.62. The monoisotopic (exact) mass is 342 g/mol. The van der Waals surface area contributed by atoms with Gasteiger partial charge in [0.1, 0.15) is 18.0 Å². The summed E-state index contributed by atoms with van der Waals surface area (Å²) in [6.07, 6.45) is -0.879. The van der Waals surface area contributed by atoms with Crippen LogP contribution in [0.5, 0.6) is 0 Å². The fraction of sp³-hybridized carbons (Fsp3) is 0.333. The number of aromatic nitrogens is 2. The van der Waals surface area contributed by atoms with Gasteiger partial charge in [-0.3, -0.25) is 0 Å². The smallest absolute Gasteiger partial charge is 0.356 e. The summed E-state index contributed by atoms with van der Waals surface area (Å²) in [5.74, 6) is 1.21. The lowest BCUT2D eigenvalue weighted by Gasteiger charge is -2.17. The lowest BCUT2D eigenvalue weighted by Crippen LogP contribution is -2.19. The molecule has 0 spiro atoms. The maximum absolute atomic E-state index is 12.9. The van der Waals surface area contributed by atoms with E-state index in [0.29, 0.717) is 5.82 Å². The van der Waals surface area contributed by atoms with Gasteiger partial charge in [0.2, 0.25) is 0 Å². The Bertz CT molecular complexity index is 699. The Labute approximate surface area is 136 Å². The van der Waals surface area contributed by atoms with E-state index in [9.17, 15) is 13.2 Å². The maximum atomic E-state index is 12.9. The molecule has 0 radical (unpaired) electrons. The molecule has 1 saturated heterocycles. The van der Waals surface area contributed by atoms with Gasteiger partial charge in [0.15, 0.2) is 0 Å². The van der Waals surface area contributed by atoms with Gasteiger partial charge >= 0.3 is 6.18 Å². The van der Waals surface area contributed by atoms with E-state index >= 15 is 0 Å². The second-order valence-electron chi connectivity index (χ2n) is 5.27. The van der Waals surface area contributed by atoms with Crippen molar-refractivity contribution in [3.05, 3.63) is 41.2 Å². The average Bonchev–Trinajstić information content (AvgIpc) is 3.03. The van der Waals surface area contributed by atoms with Crippen LogP contribution in [-0.4, -0.2) is 23.1 Å². The minimum Gasteiger partial charge on any atom is -0.356 e. The Morgan fingerprint density at radius 3 is 2.52 bits per heavy atom. The summed E-state index contributed by atoms with van der Waals surface area (Å²) in [5.41, 5.74) is -0.606. The Morgan fingerprint density at radius 2 is 1.83 bits per heavy atom. The molecule has 0 unspecified atom stereocenters. The number of rotatable bonds is 3. The molecule has 0 bridgehead atoms. The van der Waals surface area contributed by atoms with Crippen LogP contribution in [0.2, 0.25) is 5.02 Å². The highest BCUT2D eigenvalue weighted by atomic mass is 35.5. The lowest BCUT2D eigenvalue weighted by atomic mass is 10.2. The largest absolute Gasteiger partial charge is 0.417 e. The van der Waals surface area contributed by atoms with Crippen molar-refractivity contribution in [2.24, 2.45) is 0 Å². The Balaban J connectivity index is 1.83. The summed E-state index contributed by atoms with van der Waals surface area (Å²) in [5, 5.41) is 2.54. The molecule has 3 rings (SSSR count). The molecule has 1 aromatic carbocycles. The summed E-state index contributed by atoms with van der Waals surface area (Å²) < 4.78 is 38.7. The highest BCUT2D eigenvalue weighted by Crippen LogP contribution is 2.36. The molecule has 1 aliphatic rings. The van der Waals surface area contributed by atoms with E-state index < -0.39 is 11.7 Å². The molecule has 1 aliphatic heterocycles. The molecule has 23 heavy (non-hydrogen) atoms. The quantitative estimate of drug-likeness (QED) is 0.892. The van der Waals surface area contributed by atoms with Gasteiger partial charge in [-0.2, -0.15) is 13.2 Å². The van der Waals surface area contributed by atoms with Gasteiger partial charge < -0.3 is 10.2 Å². The molecule has 2 heterocycles. The van der Waals surface area contributed by atoms with E-state index in [0.717, 1.165) is 37.8 Å². The molecule has 0 amide bonds. The molecule has 1 fully saturated rings. The van der Waals surface area contributed by atoms with Gasteiger partial charge in [-0.05, 0) is 31.0 Å². The zero-order chi connectivity index (χ0) is 16.4. The van der Waals surface area contributed by atoms with Gasteiger partial charge in [-0.25, -0.2) is 9.97 Å². The number of nitrogens with one attached hydrogen (secondary N) is 1. The number of halogens is 4. The second-order valence-corrected chi connectivity index (χ2v) is 5.68. The zero-order valence-corrected chi connectivity index (χ0v) is 12.8. The number of nitrogens with zero attached hydrogens (tertiary/aromatic N) is 3. The van der Waals surface area contributed by atoms with Crippen LogP contribution < -0.4 is 10.2 Å². The summed E-state index contributed by atoms with van der Waals surface area (Å²) in [6, 6.07) is 5.40. The van der Waals surface area contributed by atoms with Crippen molar-refractivity contribution in [1.29, 1.82) is 0 Å². The minimum atomic E-state index is -4.50. The van der Waals surface area contributed by atoms with Crippen molar-refractivity contribution in [3.63, 3.8) is 0 Å². The Kier molecular flexibility index (Phi) is 4.30. The van der Waals surface area contributed by atoms with Crippen LogP contribution in [0.4, 0.5) is 30.5 Å². The fourth-order valence-corrected chi connectivity index (χ4v) is 2.73. The second kappa shape index (κ2) is 6.23. The number of alkyl halides is 3. The third-order valence-corrected chi connectivity index (χ3v) is 3.96. The molecule has 2 aromatic rings. The van der Waals surface area contributed by atoms with E-state index in [4.69, 9.17) is 11.6 Å². The first-order valence-electron chi connectivity index (χ1n) is 7.14. The fourth-order valence-electron chi connectivity index (χ4n) is 2.50. The Morgan fingerprint density at radius 1 is 1.09 bits per heavy atom. The predicted molar refractivity (Wildman–Crippen MR) is 83.2 cm³/mol. The molecule has 4 nitrogen and oxygen atoms in total. The first-order valence-corrected chi connectivity index (χ1v) is 7.52. The van der Waals surface area contributed by atoms with Crippen molar-refractivity contribution in [3.8, 4) is 0 Å². The molecule has 8 heteroatoms. The molecule has 0 atom stereocenters. The zero-order valence-electron chi connectivity index (χ0n) is 12.1. The summed E-state index contributed by atoms with van der Waals surface area (Å²) in [7, 11) is 0. The van der Waals surface area contributed by atoms with Crippen molar-refractivity contribution in [1.82, 2.24) is 9.97 Å². The van der Waals surface area contributed by atoms with Crippen molar-refractivity contribution in [2.75, 3.05) is 23.3 Å². The first-order chi connectivity index (χ1) is 10.9. The standard InChI is InChI=1S/C15H14ClF3N4/c16-12-4-3-10(7-11(12)15(17,18)19)22-13-8-14(21-9-20-13)23-5-1-2-6-23/h3-4,7-9H,1-2,5-6H2,(H,20,21,22). The lowest BCUT2D eigenvalue weighted by molar-refractivity contribution is -0.137. The van der Waals surface area contributed by atoms with Crippen LogP contribution in [0, 0.1) is 0 Å². The maximum Gasteiger partial charge on any atom is 0.417 e. The molecule has 0 aliphatic carbocycles. The van der Waals surface area contributed by atoms with Crippen molar-refractivity contribution >= 4 is 28.9 Å².